The van der Waals surface area contributed by atoms with Crippen LogP contribution in [0.15, 0.2) is 47.6 Å². The Morgan fingerprint density at radius 3 is 2.41 bits per heavy atom. The van der Waals surface area contributed by atoms with Crippen LogP contribution >= 0.6 is 24.0 Å². The average Bonchev–Trinajstić information content (AvgIpc) is 3.48. The molecule has 0 spiro atoms. The molecular formula is C19H22F3IN4O2. The van der Waals surface area contributed by atoms with Crippen molar-refractivity contribution in [2.45, 2.75) is 32.3 Å². The van der Waals surface area contributed by atoms with Gasteiger partial charge in [0.1, 0.15) is 5.75 Å². The lowest BCUT2D eigenvalue weighted by molar-refractivity contribution is -0.274. The van der Waals surface area contributed by atoms with E-state index >= 15 is 0 Å². The first-order chi connectivity index (χ1) is 13.4. The highest BCUT2D eigenvalue weighted by molar-refractivity contribution is 14.0. The first-order valence-corrected chi connectivity index (χ1v) is 8.83. The second kappa shape index (κ2) is 10.5. The molecule has 1 aliphatic rings. The summed E-state index contributed by atoms with van der Waals surface area (Å²) in [6.07, 6.45) is -0.555. The number of hydrogen-bond donors (Lipinski definition) is 2. The number of ether oxygens (including phenoxy) is 2. The summed E-state index contributed by atoms with van der Waals surface area (Å²) in [6.45, 7) is 1.39. The van der Waals surface area contributed by atoms with Crippen LogP contribution in [0.2, 0.25) is 0 Å². The fourth-order valence-electron chi connectivity index (χ4n) is 2.31. The number of halogens is 4. The molecule has 0 unspecified atom stereocenters. The summed E-state index contributed by atoms with van der Waals surface area (Å²) in [5.41, 5.74) is 7.45. The van der Waals surface area contributed by atoms with Gasteiger partial charge in [-0.2, -0.15) is 0 Å². The summed E-state index contributed by atoms with van der Waals surface area (Å²) in [5, 5.41) is 2.91. The third kappa shape index (κ3) is 8.75. The van der Waals surface area contributed by atoms with Gasteiger partial charge in [0.15, 0.2) is 5.96 Å². The van der Waals surface area contributed by atoms with Crippen molar-refractivity contribution in [3.63, 3.8) is 0 Å². The Morgan fingerprint density at radius 2 is 1.83 bits per heavy atom. The van der Waals surface area contributed by atoms with E-state index in [0.717, 1.165) is 11.1 Å². The Labute approximate surface area is 183 Å². The molecule has 3 N–H and O–H groups in total. The number of hydrogen-bond acceptors (Lipinski definition) is 4. The van der Waals surface area contributed by atoms with E-state index in [4.69, 9.17) is 10.5 Å². The Balaban J connectivity index is 0.00000300. The second-order valence-electron chi connectivity index (χ2n) is 6.51. The van der Waals surface area contributed by atoms with Crippen LogP contribution in [0.5, 0.6) is 11.6 Å². The molecule has 3 rings (SSSR count). The highest BCUT2D eigenvalue weighted by atomic mass is 127. The van der Waals surface area contributed by atoms with Gasteiger partial charge in [-0.25, -0.2) is 9.98 Å². The van der Waals surface area contributed by atoms with E-state index in [2.05, 4.69) is 20.0 Å². The molecule has 0 aliphatic heterocycles. The fourth-order valence-corrected chi connectivity index (χ4v) is 2.31. The molecule has 1 heterocycles. The smallest absolute Gasteiger partial charge is 0.477 e. The Kier molecular flexibility index (Phi) is 8.35. The minimum absolute atomic E-state index is 0. The maximum atomic E-state index is 12.1. The number of rotatable bonds is 8. The van der Waals surface area contributed by atoms with E-state index in [1.165, 1.54) is 37.1 Å². The summed E-state index contributed by atoms with van der Waals surface area (Å²) in [4.78, 5) is 8.46. The van der Waals surface area contributed by atoms with Crippen molar-refractivity contribution in [2.24, 2.45) is 16.6 Å². The van der Waals surface area contributed by atoms with Crippen molar-refractivity contribution in [2.75, 3.05) is 6.61 Å². The first kappa shape index (κ1) is 23.0. The Bertz CT molecular complexity index is 795. The van der Waals surface area contributed by atoms with Gasteiger partial charge in [-0.1, -0.05) is 18.2 Å². The van der Waals surface area contributed by atoms with Crippen molar-refractivity contribution in [3.8, 4) is 11.6 Å². The number of nitrogens with two attached hydrogens (primary N) is 1. The molecule has 1 fully saturated rings. The van der Waals surface area contributed by atoms with Crippen LogP contribution in [0, 0.1) is 5.92 Å². The predicted molar refractivity (Wildman–Crippen MR) is 113 cm³/mol. The van der Waals surface area contributed by atoms with E-state index in [1.54, 1.807) is 12.3 Å². The third-order valence-corrected chi connectivity index (χ3v) is 4.02. The molecule has 1 saturated carbocycles. The molecule has 0 radical (unpaired) electrons. The Morgan fingerprint density at radius 1 is 1.14 bits per heavy atom. The van der Waals surface area contributed by atoms with Crippen LogP contribution in [0.25, 0.3) is 0 Å². The SMILES string of the molecule is I.NC(=NCc1ccc(OCC2CC2)nc1)NCc1ccc(OC(F)(F)F)cc1. The number of aliphatic imine (C=N–C) groups is 1. The number of guanidine groups is 1. The zero-order valence-corrected chi connectivity index (χ0v) is 17.8. The van der Waals surface area contributed by atoms with Crippen LogP contribution in [0.3, 0.4) is 0 Å². The Hall–Kier alpha value is -2.24. The van der Waals surface area contributed by atoms with Crippen LogP contribution in [0.1, 0.15) is 24.0 Å². The monoisotopic (exact) mass is 522 g/mol. The summed E-state index contributed by atoms with van der Waals surface area (Å²) < 4.78 is 45.8. The molecule has 158 valence electrons. The summed E-state index contributed by atoms with van der Waals surface area (Å²) in [6, 6.07) is 9.22. The van der Waals surface area contributed by atoms with Gasteiger partial charge < -0.3 is 20.5 Å². The van der Waals surface area contributed by atoms with Crippen molar-refractivity contribution in [3.05, 3.63) is 53.7 Å². The molecule has 1 aliphatic carbocycles. The molecule has 6 nitrogen and oxygen atoms in total. The molecule has 0 amide bonds. The zero-order valence-electron chi connectivity index (χ0n) is 15.5. The molecule has 0 atom stereocenters. The van der Waals surface area contributed by atoms with Crippen LogP contribution in [0.4, 0.5) is 13.2 Å². The minimum atomic E-state index is -4.70. The molecule has 1 aromatic heterocycles. The van der Waals surface area contributed by atoms with Crippen LogP contribution in [-0.4, -0.2) is 23.9 Å². The van der Waals surface area contributed by atoms with Gasteiger partial charge in [0.25, 0.3) is 0 Å². The fraction of sp³-hybridized carbons (Fsp3) is 0.368. The standard InChI is InChI=1S/C19H21F3N4O2.HI/c20-19(21,22)28-16-6-3-13(4-7-16)9-25-18(23)26-11-15-5-8-17(24-10-15)27-12-14-1-2-14;/h3-8,10,14H,1-2,9,11-12H2,(H3,23,25,26);1H. The van der Waals surface area contributed by atoms with Crippen LogP contribution in [-0.2, 0) is 13.1 Å². The highest BCUT2D eigenvalue weighted by Crippen LogP contribution is 2.29. The van der Waals surface area contributed by atoms with Gasteiger partial charge >= 0.3 is 6.36 Å². The van der Waals surface area contributed by atoms with Crippen molar-refractivity contribution in [1.82, 2.24) is 10.3 Å². The lowest BCUT2D eigenvalue weighted by Gasteiger charge is -2.10. The third-order valence-electron chi connectivity index (χ3n) is 4.02. The molecule has 2 aromatic rings. The number of alkyl halides is 3. The lowest BCUT2D eigenvalue weighted by atomic mass is 10.2. The summed E-state index contributed by atoms with van der Waals surface area (Å²) >= 11 is 0. The van der Waals surface area contributed by atoms with E-state index < -0.39 is 6.36 Å². The first-order valence-electron chi connectivity index (χ1n) is 8.83. The number of aromatic nitrogens is 1. The normalized spacial score (nSPS) is 14.1. The van der Waals surface area contributed by atoms with Crippen LogP contribution < -0.4 is 20.5 Å². The van der Waals surface area contributed by atoms with Gasteiger partial charge in [0, 0.05) is 18.8 Å². The highest BCUT2D eigenvalue weighted by Gasteiger charge is 2.30. The lowest BCUT2D eigenvalue weighted by Crippen LogP contribution is -2.31. The minimum Gasteiger partial charge on any atom is -0.477 e. The van der Waals surface area contributed by atoms with Gasteiger partial charge in [-0.15, -0.1) is 37.1 Å². The molecular weight excluding hydrogens is 500 g/mol. The van der Waals surface area contributed by atoms with E-state index in [9.17, 15) is 13.2 Å². The molecule has 29 heavy (non-hydrogen) atoms. The van der Waals surface area contributed by atoms with Crippen molar-refractivity contribution in [1.29, 1.82) is 0 Å². The van der Waals surface area contributed by atoms with Gasteiger partial charge in [-0.3, -0.25) is 0 Å². The largest absolute Gasteiger partial charge is 0.573 e. The number of nitrogens with one attached hydrogen (secondary N) is 1. The van der Waals surface area contributed by atoms with E-state index in [-0.39, 0.29) is 35.7 Å². The van der Waals surface area contributed by atoms with Gasteiger partial charge in [0.2, 0.25) is 5.88 Å². The zero-order chi connectivity index (χ0) is 20.0. The number of pyridine rings is 1. The molecule has 10 heteroatoms. The molecule has 0 saturated heterocycles. The predicted octanol–water partition coefficient (Wildman–Crippen LogP) is 3.99. The van der Waals surface area contributed by atoms with Gasteiger partial charge in [0.05, 0.1) is 13.2 Å². The van der Waals surface area contributed by atoms with Crippen molar-refractivity contribution >= 4 is 29.9 Å². The van der Waals surface area contributed by atoms with E-state index in [0.29, 0.717) is 31.5 Å². The van der Waals surface area contributed by atoms with E-state index in [1.807, 2.05) is 6.07 Å². The molecule has 1 aromatic carbocycles. The second-order valence-corrected chi connectivity index (χ2v) is 6.51. The quantitative estimate of drug-likeness (QED) is 0.312. The number of benzene rings is 1. The van der Waals surface area contributed by atoms with Crippen molar-refractivity contribution < 1.29 is 22.6 Å². The topological polar surface area (TPSA) is 81.8 Å². The van der Waals surface area contributed by atoms with Gasteiger partial charge in [-0.05, 0) is 42.0 Å². The number of nitrogens with zero attached hydrogens (tertiary/aromatic N) is 2. The maximum absolute atomic E-state index is 12.1. The summed E-state index contributed by atoms with van der Waals surface area (Å²) in [7, 11) is 0. The maximum Gasteiger partial charge on any atom is 0.573 e. The summed E-state index contributed by atoms with van der Waals surface area (Å²) in [5.74, 6) is 1.23. The average molecular weight is 522 g/mol. The molecule has 0 bridgehead atoms.